The van der Waals surface area contributed by atoms with Crippen LogP contribution in [0.25, 0.3) is 0 Å². The van der Waals surface area contributed by atoms with Crippen molar-refractivity contribution in [3.63, 3.8) is 0 Å². The first-order valence-corrected chi connectivity index (χ1v) is 8.80. The van der Waals surface area contributed by atoms with Crippen molar-refractivity contribution in [1.29, 1.82) is 0 Å². The van der Waals surface area contributed by atoms with Gasteiger partial charge in [-0.2, -0.15) is 0 Å². The molecule has 0 saturated heterocycles. The van der Waals surface area contributed by atoms with Gasteiger partial charge in [-0.3, -0.25) is 0 Å². The SMILES string of the molecule is COc1c(CS(=O)(=O)Cl)cccc1S(C)(=O)=O. The zero-order valence-electron chi connectivity index (χ0n) is 9.17. The fourth-order valence-corrected chi connectivity index (χ4v) is 3.21. The zero-order chi connectivity index (χ0) is 13.3. The summed E-state index contributed by atoms with van der Waals surface area (Å²) in [6.07, 6.45) is 1.02. The van der Waals surface area contributed by atoms with Gasteiger partial charge in [0.2, 0.25) is 9.05 Å². The Kier molecular flexibility index (Phi) is 4.06. The van der Waals surface area contributed by atoms with Gasteiger partial charge in [0, 0.05) is 22.5 Å². The van der Waals surface area contributed by atoms with E-state index in [1.165, 1.54) is 25.3 Å². The molecule has 1 aromatic carbocycles. The van der Waals surface area contributed by atoms with Crippen LogP contribution < -0.4 is 4.74 Å². The summed E-state index contributed by atoms with van der Waals surface area (Å²) in [6.45, 7) is 0. The number of hydrogen-bond acceptors (Lipinski definition) is 5. The Bertz CT molecular complexity index is 619. The van der Waals surface area contributed by atoms with Gasteiger partial charge in [-0.05, 0) is 6.07 Å². The third-order valence-electron chi connectivity index (χ3n) is 1.99. The first-order chi connectivity index (χ1) is 7.65. The Balaban J connectivity index is 3.45. The van der Waals surface area contributed by atoms with Crippen molar-refractivity contribution in [2.24, 2.45) is 0 Å². The van der Waals surface area contributed by atoms with E-state index in [0.717, 1.165) is 6.26 Å². The number of para-hydroxylation sites is 1. The second-order valence-electron chi connectivity index (χ2n) is 3.40. The minimum Gasteiger partial charge on any atom is -0.495 e. The molecule has 0 amide bonds. The number of rotatable bonds is 4. The highest BCUT2D eigenvalue weighted by Gasteiger charge is 2.20. The maximum atomic E-state index is 11.5. The second-order valence-corrected chi connectivity index (χ2v) is 8.16. The summed E-state index contributed by atoms with van der Waals surface area (Å²) < 4.78 is 49.9. The lowest BCUT2D eigenvalue weighted by molar-refractivity contribution is 0.399. The van der Waals surface area contributed by atoms with Crippen LogP contribution in [0.4, 0.5) is 0 Å². The fraction of sp³-hybridized carbons (Fsp3) is 0.333. The Hall–Kier alpha value is -0.790. The molecule has 5 nitrogen and oxygen atoms in total. The van der Waals surface area contributed by atoms with Crippen LogP contribution in [0.2, 0.25) is 0 Å². The van der Waals surface area contributed by atoms with Crippen LogP contribution in [0, 0.1) is 0 Å². The van der Waals surface area contributed by atoms with Gasteiger partial charge >= 0.3 is 0 Å². The first kappa shape index (κ1) is 14.3. The Morgan fingerprint density at radius 3 is 2.24 bits per heavy atom. The van der Waals surface area contributed by atoms with Crippen LogP contribution in [-0.2, 0) is 24.6 Å². The molecule has 0 bridgehead atoms. The van der Waals surface area contributed by atoms with Crippen LogP contribution in [0.15, 0.2) is 23.1 Å². The fourth-order valence-electron chi connectivity index (χ4n) is 1.38. The molecule has 0 unspecified atom stereocenters. The van der Waals surface area contributed by atoms with Crippen LogP contribution >= 0.6 is 10.7 Å². The number of methoxy groups -OCH3 is 1. The van der Waals surface area contributed by atoms with Gasteiger partial charge < -0.3 is 4.74 Å². The normalized spacial score (nSPS) is 12.4. The van der Waals surface area contributed by atoms with Crippen molar-refractivity contribution in [1.82, 2.24) is 0 Å². The monoisotopic (exact) mass is 298 g/mol. The number of halogens is 1. The summed E-state index contributed by atoms with van der Waals surface area (Å²) in [6, 6.07) is 4.24. The molecule has 0 fully saturated rings. The highest BCUT2D eigenvalue weighted by atomic mass is 35.7. The van der Waals surface area contributed by atoms with E-state index >= 15 is 0 Å². The second kappa shape index (κ2) is 4.83. The highest BCUT2D eigenvalue weighted by molar-refractivity contribution is 8.13. The lowest BCUT2D eigenvalue weighted by Gasteiger charge is -2.11. The molecule has 0 aliphatic carbocycles. The van der Waals surface area contributed by atoms with Gasteiger partial charge in [0.25, 0.3) is 0 Å². The average molecular weight is 299 g/mol. The minimum absolute atomic E-state index is 0.0132. The molecule has 0 spiro atoms. The smallest absolute Gasteiger partial charge is 0.236 e. The number of hydrogen-bond donors (Lipinski definition) is 0. The molecule has 0 aromatic heterocycles. The van der Waals surface area contributed by atoms with Crippen molar-refractivity contribution in [2.45, 2.75) is 10.6 Å². The standard InChI is InChI=1S/C9H11ClO5S2/c1-15-9-7(6-17(10,13)14)4-3-5-8(9)16(2,11)12/h3-5H,6H2,1-2H3. The van der Waals surface area contributed by atoms with Gasteiger partial charge in [-0.25, -0.2) is 16.8 Å². The van der Waals surface area contributed by atoms with E-state index in [9.17, 15) is 16.8 Å². The molecule has 0 atom stereocenters. The Morgan fingerprint density at radius 1 is 1.24 bits per heavy atom. The van der Waals surface area contributed by atoms with Gasteiger partial charge in [-0.15, -0.1) is 0 Å². The molecule has 8 heteroatoms. The van der Waals surface area contributed by atoms with Crippen LogP contribution in [0.3, 0.4) is 0 Å². The minimum atomic E-state index is -3.77. The van der Waals surface area contributed by atoms with E-state index in [4.69, 9.17) is 15.4 Å². The van der Waals surface area contributed by atoms with Gasteiger partial charge in [0.1, 0.15) is 10.6 Å². The summed E-state index contributed by atoms with van der Waals surface area (Å²) in [4.78, 5) is -0.0576. The molecule has 96 valence electrons. The van der Waals surface area contributed by atoms with E-state index < -0.39 is 24.6 Å². The summed E-state index contributed by atoms with van der Waals surface area (Å²) in [7, 11) is -0.859. The molecule has 1 aromatic rings. The van der Waals surface area contributed by atoms with Gasteiger partial charge in [-0.1, -0.05) is 12.1 Å². The van der Waals surface area contributed by atoms with E-state index in [-0.39, 0.29) is 16.2 Å². The lowest BCUT2D eigenvalue weighted by atomic mass is 10.2. The van der Waals surface area contributed by atoms with Crippen molar-refractivity contribution < 1.29 is 21.6 Å². The molecule has 0 aliphatic heterocycles. The van der Waals surface area contributed by atoms with Gasteiger partial charge in [0.15, 0.2) is 9.84 Å². The van der Waals surface area contributed by atoms with Crippen LogP contribution in [0.1, 0.15) is 5.56 Å². The van der Waals surface area contributed by atoms with Gasteiger partial charge in [0.05, 0.1) is 12.9 Å². The molecule has 0 saturated carbocycles. The predicted molar refractivity (Wildman–Crippen MR) is 64.6 cm³/mol. The Labute approximate surface area is 105 Å². The molecule has 17 heavy (non-hydrogen) atoms. The maximum Gasteiger partial charge on any atom is 0.236 e. The van der Waals surface area contributed by atoms with Crippen LogP contribution in [0.5, 0.6) is 5.75 Å². The molecular formula is C9H11ClO5S2. The molecular weight excluding hydrogens is 288 g/mol. The van der Waals surface area contributed by atoms with E-state index in [0.29, 0.717) is 0 Å². The topological polar surface area (TPSA) is 77.5 Å². The highest BCUT2D eigenvalue weighted by Crippen LogP contribution is 2.29. The molecule has 0 radical (unpaired) electrons. The summed E-state index contributed by atoms with van der Waals surface area (Å²) in [5.41, 5.74) is 0.213. The quantitative estimate of drug-likeness (QED) is 0.780. The predicted octanol–water partition coefficient (Wildman–Crippen LogP) is 1.17. The zero-order valence-corrected chi connectivity index (χ0v) is 11.6. The third kappa shape index (κ3) is 3.86. The number of ether oxygens (including phenoxy) is 1. The maximum absolute atomic E-state index is 11.5. The molecule has 0 aliphatic rings. The van der Waals surface area contributed by atoms with E-state index in [2.05, 4.69) is 0 Å². The molecule has 0 heterocycles. The van der Waals surface area contributed by atoms with Crippen molar-refractivity contribution in [3.05, 3.63) is 23.8 Å². The van der Waals surface area contributed by atoms with Crippen molar-refractivity contribution in [3.8, 4) is 5.75 Å². The van der Waals surface area contributed by atoms with E-state index in [1.54, 1.807) is 0 Å². The van der Waals surface area contributed by atoms with Crippen molar-refractivity contribution in [2.75, 3.05) is 13.4 Å². The average Bonchev–Trinajstić information content (AvgIpc) is 2.13. The summed E-state index contributed by atoms with van der Waals surface area (Å²) >= 11 is 0. The number of sulfone groups is 1. The third-order valence-corrected chi connectivity index (χ3v) is 4.10. The molecule has 0 N–H and O–H groups in total. The van der Waals surface area contributed by atoms with Crippen LogP contribution in [-0.4, -0.2) is 30.2 Å². The molecule has 1 rings (SSSR count). The summed E-state index contributed by atoms with van der Waals surface area (Å²) in [5, 5.41) is 0. The first-order valence-electron chi connectivity index (χ1n) is 4.43. The Morgan fingerprint density at radius 2 is 1.82 bits per heavy atom. The van der Waals surface area contributed by atoms with Crippen molar-refractivity contribution >= 4 is 29.6 Å². The van der Waals surface area contributed by atoms with E-state index in [1.807, 2.05) is 0 Å². The largest absolute Gasteiger partial charge is 0.495 e. The lowest BCUT2D eigenvalue weighted by Crippen LogP contribution is -2.05. The number of benzene rings is 1. The summed E-state index contributed by atoms with van der Waals surface area (Å²) in [5.74, 6) is -0.472.